The van der Waals surface area contributed by atoms with E-state index in [1.807, 2.05) is 18.2 Å². The molecule has 1 aromatic carbocycles. The molecule has 166 valence electrons. The number of carbonyl (C=O) groups excluding carboxylic acids is 1. The van der Waals surface area contributed by atoms with Crippen LogP contribution in [-0.4, -0.2) is 37.8 Å². The van der Waals surface area contributed by atoms with Gasteiger partial charge in [0.2, 0.25) is 6.79 Å². The molecule has 10 heteroatoms. The number of rotatable bonds is 6. The summed E-state index contributed by atoms with van der Waals surface area (Å²) in [5, 5.41) is 3.09. The molecule has 0 radical (unpaired) electrons. The van der Waals surface area contributed by atoms with Crippen molar-refractivity contribution in [3.63, 3.8) is 0 Å². The molecular weight excluding hydrogens is 460 g/mol. The lowest BCUT2D eigenvalue weighted by Crippen LogP contribution is -2.27. The van der Waals surface area contributed by atoms with Crippen molar-refractivity contribution in [1.82, 2.24) is 14.3 Å². The SMILES string of the molecule is C=CCNc1nc2ccccn2c(=O)c1/C=C1\SC(=S)N(Cc2ccc3c(c2)OCO3)C1=O. The third-order valence-corrected chi connectivity index (χ3v) is 6.49. The molecule has 0 atom stereocenters. The van der Waals surface area contributed by atoms with Crippen LogP contribution in [0.25, 0.3) is 11.7 Å². The summed E-state index contributed by atoms with van der Waals surface area (Å²) in [5.74, 6) is 1.43. The molecule has 5 rings (SSSR count). The van der Waals surface area contributed by atoms with E-state index in [-0.39, 0.29) is 30.4 Å². The van der Waals surface area contributed by atoms with Crippen LogP contribution in [0.4, 0.5) is 5.82 Å². The van der Waals surface area contributed by atoms with Gasteiger partial charge in [0.15, 0.2) is 11.5 Å². The normalized spacial score (nSPS) is 16.1. The lowest BCUT2D eigenvalue weighted by Gasteiger charge is -2.14. The number of hydrogen-bond donors (Lipinski definition) is 1. The van der Waals surface area contributed by atoms with Crippen LogP contribution >= 0.6 is 24.0 Å². The monoisotopic (exact) mass is 478 g/mol. The first-order valence-electron chi connectivity index (χ1n) is 10.0. The van der Waals surface area contributed by atoms with Crippen LogP contribution in [0, 0.1) is 0 Å². The van der Waals surface area contributed by atoms with Crippen LogP contribution in [-0.2, 0) is 11.3 Å². The Balaban J connectivity index is 1.49. The van der Waals surface area contributed by atoms with E-state index in [0.717, 1.165) is 17.3 Å². The first-order valence-corrected chi connectivity index (χ1v) is 11.3. The Kier molecular flexibility index (Phi) is 5.61. The summed E-state index contributed by atoms with van der Waals surface area (Å²) in [6.45, 7) is 4.58. The summed E-state index contributed by atoms with van der Waals surface area (Å²) in [7, 11) is 0. The molecule has 3 aromatic rings. The van der Waals surface area contributed by atoms with Gasteiger partial charge in [-0.15, -0.1) is 6.58 Å². The molecule has 2 aliphatic heterocycles. The second kappa shape index (κ2) is 8.72. The summed E-state index contributed by atoms with van der Waals surface area (Å²) in [6, 6.07) is 10.8. The van der Waals surface area contributed by atoms with E-state index in [1.165, 1.54) is 9.30 Å². The molecule has 0 aliphatic carbocycles. The molecule has 8 nitrogen and oxygen atoms in total. The van der Waals surface area contributed by atoms with Crippen LogP contribution in [0.1, 0.15) is 11.1 Å². The molecule has 1 fully saturated rings. The summed E-state index contributed by atoms with van der Waals surface area (Å²) in [4.78, 5) is 32.8. The Bertz CT molecular complexity index is 1400. The quantitative estimate of drug-likeness (QED) is 0.328. The Labute approximate surface area is 198 Å². The maximum absolute atomic E-state index is 13.2. The summed E-state index contributed by atoms with van der Waals surface area (Å²) in [5.41, 5.74) is 1.36. The number of nitrogens with zero attached hydrogens (tertiary/aromatic N) is 3. The standard InChI is InChI=1S/C23H18N4O4S2/c1-2-8-24-20-15(21(28)26-9-4-3-5-19(26)25-20)11-18-22(29)27(23(32)33-18)12-14-6-7-16-17(10-14)31-13-30-16/h2-7,9-11,24H,1,8,12-13H2/b18-11-. The van der Waals surface area contributed by atoms with Crippen molar-refractivity contribution in [3.05, 3.63) is 81.6 Å². The zero-order valence-electron chi connectivity index (χ0n) is 17.3. The highest BCUT2D eigenvalue weighted by molar-refractivity contribution is 8.26. The number of nitrogens with one attached hydrogen (secondary N) is 1. The van der Waals surface area contributed by atoms with Gasteiger partial charge in [-0.25, -0.2) is 4.98 Å². The highest BCUT2D eigenvalue weighted by Gasteiger charge is 2.33. The van der Waals surface area contributed by atoms with Gasteiger partial charge in [-0.05, 0) is 35.9 Å². The van der Waals surface area contributed by atoms with Crippen molar-refractivity contribution >= 4 is 51.7 Å². The van der Waals surface area contributed by atoms with Gasteiger partial charge in [-0.1, -0.05) is 42.2 Å². The van der Waals surface area contributed by atoms with Gasteiger partial charge >= 0.3 is 0 Å². The average Bonchev–Trinajstić information content (AvgIpc) is 3.39. The first kappa shape index (κ1) is 21.2. The van der Waals surface area contributed by atoms with Gasteiger partial charge in [0.05, 0.1) is 17.0 Å². The minimum Gasteiger partial charge on any atom is -0.454 e. The molecule has 33 heavy (non-hydrogen) atoms. The van der Waals surface area contributed by atoms with Crippen molar-refractivity contribution < 1.29 is 14.3 Å². The molecule has 0 unspecified atom stereocenters. The van der Waals surface area contributed by atoms with E-state index in [0.29, 0.717) is 38.7 Å². The molecule has 0 bridgehead atoms. The fourth-order valence-electron chi connectivity index (χ4n) is 3.53. The molecular formula is C23H18N4O4S2. The number of amides is 1. The fraction of sp³-hybridized carbons (Fsp3) is 0.130. The Morgan fingerprint density at radius 2 is 2.06 bits per heavy atom. The van der Waals surface area contributed by atoms with Gasteiger partial charge in [0, 0.05) is 12.7 Å². The van der Waals surface area contributed by atoms with Crippen LogP contribution in [0.5, 0.6) is 11.5 Å². The van der Waals surface area contributed by atoms with E-state index in [4.69, 9.17) is 21.7 Å². The van der Waals surface area contributed by atoms with Gasteiger partial charge in [0.25, 0.3) is 11.5 Å². The van der Waals surface area contributed by atoms with E-state index in [9.17, 15) is 9.59 Å². The molecule has 1 amide bonds. The largest absolute Gasteiger partial charge is 0.454 e. The van der Waals surface area contributed by atoms with Crippen LogP contribution in [0.3, 0.4) is 0 Å². The zero-order valence-corrected chi connectivity index (χ0v) is 18.9. The van der Waals surface area contributed by atoms with Crippen molar-refractivity contribution in [3.8, 4) is 11.5 Å². The molecule has 1 saturated heterocycles. The maximum atomic E-state index is 13.2. The summed E-state index contributed by atoms with van der Waals surface area (Å²) >= 11 is 6.62. The third-order valence-electron chi connectivity index (χ3n) is 5.11. The van der Waals surface area contributed by atoms with E-state index in [2.05, 4.69) is 16.9 Å². The molecule has 0 spiro atoms. The van der Waals surface area contributed by atoms with Crippen LogP contribution in [0.15, 0.2) is 64.9 Å². The first-order chi connectivity index (χ1) is 16.0. The Morgan fingerprint density at radius 1 is 1.21 bits per heavy atom. The van der Waals surface area contributed by atoms with Crippen LogP contribution in [0.2, 0.25) is 0 Å². The van der Waals surface area contributed by atoms with Crippen molar-refractivity contribution in [2.75, 3.05) is 18.7 Å². The zero-order chi connectivity index (χ0) is 22.9. The second-order valence-electron chi connectivity index (χ2n) is 7.23. The molecule has 1 N–H and O–H groups in total. The number of ether oxygens (including phenoxy) is 2. The lowest BCUT2D eigenvalue weighted by atomic mass is 10.2. The predicted molar refractivity (Wildman–Crippen MR) is 131 cm³/mol. The van der Waals surface area contributed by atoms with Crippen molar-refractivity contribution in [1.29, 1.82) is 0 Å². The minimum atomic E-state index is -0.284. The topological polar surface area (TPSA) is 85.2 Å². The smallest absolute Gasteiger partial charge is 0.267 e. The molecule has 2 aliphatic rings. The summed E-state index contributed by atoms with van der Waals surface area (Å²) in [6.07, 6.45) is 4.87. The highest BCUT2D eigenvalue weighted by Crippen LogP contribution is 2.36. The minimum absolute atomic E-state index is 0.181. The van der Waals surface area contributed by atoms with Crippen molar-refractivity contribution in [2.45, 2.75) is 6.54 Å². The number of pyridine rings is 1. The van der Waals surface area contributed by atoms with Gasteiger partial charge in [-0.3, -0.25) is 18.9 Å². The summed E-state index contributed by atoms with van der Waals surface area (Å²) < 4.78 is 12.6. The molecule has 0 saturated carbocycles. The Morgan fingerprint density at radius 3 is 2.91 bits per heavy atom. The average molecular weight is 479 g/mol. The number of anilines is 1. The number of fused-ring (bicyclic) bond motifs is 2. The molecule has 2 aromatic heterocycles. The number of benzene rings is 1. The fourth-order valence-corrected chi connectivity index (χ4v) is 4.76. The van der Waals surface area contributed by atoms with Crippen molar-refractivity contribution in [2.24, 2.45) is 0 Å². The third kappa shape index (κ3) is 3.98. The predicted octanol–water partition coefficient (Wildman–Crippen LogP) is 3.42. The van der Waals surface area contributed by atoms with Gasteiger partial charge in [0.1, 0.15) is 15.8 Å². The number of aromatic nitrogens is 2. The number of carbonyl (C=O) groups is 1. The van der Waals surface area contributed by atoms with Crippen LogP contribution < -0.4 is 20.3 Å². The maximum Gasteiger partial charge on any atom is 0.267 e. The van der Waals surface area contributed by atoms with E-state index in [1.54, 1.807) is 36.5 Å². The van der Waals surface area contributed by atoms with Gasteiger partial charge in [-0.2, -0.15) is 0 Å². The Hall–Kier alpha value is -3.63. The van der Waals surface area contributed by atoms with Gasteiger partial charge < -0.3 is 14.8 Å². The number of thioether (sulfide) groups is 1. The number of hydrogen-bond acceptors (Lipinski definition) is 8. The lowest BCUT2D eigenvalue weighted by molar-refractivity contribution is -0.122. The number of thiocarbonyl (C=S) groups is 1. The van der Waals surface area contributed by atoms with E-state index < -0.39 is 0 Å². The van der Waals surface area contributed by atoms with E-state index >= 15 is 0 Å². The second-order valence-corrected chi connectivity index (χ2v) is 8.91. The highest BCUT2D eigenvalue weighted by atomic mass is 32.2. The molecule has 4 heterocycles.